The average molecular weight is 257 g/mol. The Balaban J connectivity index is 1.92. The third-order valence-corrected chi connectivity index (χ3v) is 3.13. The van der Waals surface area contributed by atoms with E-state index < -0.39 is 5.82 Å². The summed E-state index contributed by atoms with van der Waals surface area (Å²) in [5, 5.41) is 6.02. The molecule has 0 aliphatic carbocycles. The number of hydrogen-bond donors (Lipinski definition) is 2. The second-order valence-electron chi connectivity index (χ2n) is 4.12. The molecule has 1 aromatic rings. The average Bonchev–Trinajstić information content (AvgIpc) is 2.32. The molecule has 5 heteroatoms. The fraction of sp³-hybridized carbons (Fsp3) is 0.417. The molecular weight excluding hydrogens is 243 g/mol. The molecule has 1 heterocycles. The molecule has 2 rings (SSSR count). The summed E-state index contributed by atoms with van der Waals surface area (Å²) < 4.78 is 13.2. The summed E-state index contributed by atoms with van der Waals surface area (Å²) in [7, 11) is 0. The van der Waals surface area contributed by atoms with E-state index in [1.54, 1.807) is 6.07 Å². The predicted molar refractivity (Wildman–Crippen MR) is 64.3 cm³/mol. The molecule has 0 aromatic heterocycles. The van der Waals surface area contributed by atoms with Crippen LogP contribution in [-0.4, -0.2) is 18.5 Å². The van der Waals surface area contributed by atoms with Crippen LogP contribution in [0.1, 0.15) is 18.4 Å². The van der Waals surface area contributed by atoms with Crippen LogP contribution in [0.2, 0.25) is 5.02 Å². The molecule has 92 valence electrons. The fourth-order valence-corrected chi connectivity index (χ4v) is 1.98. The molecule has 17 heavy (non-hydrogen) atoms. The van der Waals surface area contributed by atoms with E-state index in [9.17, 15) is 9.18 Å². The van der Waals surface area contributed by atoms with Crippen molar-refractivity contribution in [1.82, 2.24) is 10.6 Å². The smallest absolute Gasteiger partial charge is 0.237 e. The van der Waals surface area contributed by atoms with Crippen molar-refractivity contribution in [3.8, 4) is 0 Å². The van der Waals surface area contributed by atoms with Crippen molar-refractivity contribution in [2.45, 2.75) is 25.4 Å². The normalized spacial score (nSPS) is 20.1. The van der Waals surface area contributed by atoms with Gasteiger partial charge < -0.3 is 10.6 Å². The van der Waals surface area contributed by atoms with Crippen molar-refractivity contribution < 1.29 is 9.18 Å². The van der Waals surface area contributed by atoms with Crippen LogP contribution >= 0.6 is 11.6 Å². The first-order chi connectivity index (χ1) is 8.16. The zero-order chi connectivity index (χ0) is 12.3. The number of piperidine rings is 1. The maximum absolute atomic E-state index is 13.2. The second-order valence-corrected chi connectivity index (χ2v) is 4.52. The molecule has 0 radical (unpaired) electrons. The highest BCUT2D eigenvalue weighted by Crippen LogP contribution is 2.15. The van der Waals surface area contributed by atoms with Crippen LogP contribution in [0.25, 0.3) is 0 Å². The lowest BCUT2D eigenvalue weighted by Gasteiger charge is -2.22. The van der Waals surface area contributed by atoms with E-state index in [1.165, 1.54) is 12.1 Å². The zero-order valence-corrected chi connectivity index (χ0v) is 10.1. The second kappa shape index (κ2) is 5.47. The van der Waals surface area contributed by atoms with Gasteiger partial charge in [0, 0.05) is 13.1 Å². The quantitative estimate of drug-likeness (QED) is 0.867. The van der Waals surface area contributed by atoms with E-state index in [4.69, 9.17) is 11.6 Å². The topological polar surface area (TPSA) is 41.1 Å². The number of halogens is 2. The van der Waals surface area contributed by atoms with Crippen LogP contribution < -0.4 is 10.6 Å². The fourth-order valence-electron chi connectivity index (χ4n) is 1.86. The minimum absolute atomic E-state index is 0.0192. The van der Waals surface area contributed by atoms with E-state index >= 15 is 0 Å². The summed E-state index contributed by atoms with van der Waals surface area (Å²) in [4.78, 5) is 11.5. The minimum Gasteiger partial charge on any atom is -0.355 e. The van der Waals surface area contributed by atoms with E-state index in [1.807, 2.05) is 0 Å². The lowest BCUT2D eigenvalue weighted by Crippen LogP contribution is -2.47. The highest BCUT2D eigenvalue weighted by molar-refractivity contribution is 6.30. The maximum Gasteiger partial charge on any atom is 0.237 e. The van der Waals surface area contributed by atoms with Gasteiger partial charge in [-0.25, -0.2) is 4.39 Å². The number of amides is 1. The highest BCUT2D eigenvalue weighted by Gasteiger charge is 2.20. The van der Waals surface area contributed by atoms with Crippen LogP contribution in [0, 0.1) is 5.82 Å². The summed E-state index contributed by atoms with van der Waals surface area (Å²) in [5.74, 6) is -0.412. The Morgan fingerprint density at radius 1 is 1.53 bits per heavy atom. The summed E-state index contributed by atoms with van der Waals surface area (Å²) in [5.41, 5.74) is 0.783. The first kappa shape index (κ1) is 12.3. The van der Waals surface area contributed by atoms with Gasteiger partial charge in [-0.05, 0) is 30.5 Å². The van der Waals surface area contributed by atoms with Crippen molar-refractivity contribution in [1.29, 1.82) is 0 Å². The Morgan fingerprint density at radius 3 is 3.06 bits per heavy atom. The van der Waals surface area contributed by atoms with E-state index in [2.05, 4.69) is 10.6 Å². The van der Waals surface area contributed by atoms with Crippen molar-refractivity contribution >= 4 is 17.5 Å². The molecule has 2 N–H and O–H groups in total. The van der Waals surface area contributed by atoms with Gasteiger partial charge in [0.15, 0.2) is 0 Å². The Labute approximate surface area is 104 Å². The lowest BCUT2D eigenvalue weighted by atomic mass is 10.1. The number of benzene rings is 1. The van der Waals surface area contributed by atoms with Gasteiger partial charge in [-0.15, -0.1) is 0 Å². The first-order valence-electron chi connectivity index (χ1n) is 5.62. The molecule has 1 unspecified atom stereocenters. The van der Waals surface area contributed by atoms with Crippen molar-refractivity contribution in [3.05, 3.63) is 34.6 Å². The van der Waals surface area contributed by atoms with E-state index in [-0.39, 0.29) is 17.0 Å². The third kappa shape index (κ3) is 3.17. The van der Waals surface area contributed by atoms with Crippen LogP contribution in [0.15, 0.2) is 18.2 Å². The zero-order valence-electron chi connectivity index (χ0n) is 9.30. The Kier molecular flexibility index (Phi) is 3.97. The van der Waals surface area contributed by atoms with E-state index in [0.29, 0.717) is 6.54 Å². The summed E-state index contributed by atoms with van der Waals surface area (Å²) in [6.07, 6.45) is 1.79. The SMILES string of the molecule is O=C1NCCCC1NCc1ccc(Cl)c(F)c1. The number of carbonyl (C=O) groups excluding carboxylic acids is 1. The summed E-state index contributed by atoms with van der Waals surface area (Å²) >= 11 is 5.59. The number of rotatable bonds is 3. The standard InChI is InChI=1S/C12H14ClFN2O/c13-9-4-3-8(6-10(9)14)7-16-11-2-1-5-15-12(11)17/h3-4,6,11,16H,1-2,5,7H2,(H,15,17). The third-order valence-electron chi connectivity index (χ3n) is 2.82. The molecule has 1 aliphatic heterocycles. The number of carbonyl (C=O) groups is 1. The summed E-state index contributed by atoms with van der Waals surface area (Å²) in [6.45, 7) is 1.21. The molecule has 3 nitrogen and oxygen atoms in total. The van der Waals surface area contributed by atoms with Gasteiger partial charge in [0.2, 0.25) is 5.91 Å². The minimum atomic E-state index is -0.431. The van der Waals surface area contributed by atoms with Crippen LogP contribution in [0.3, 0.4) is 0 Å². The molecule has 1 amide bonds. The van der Waals surface area contributed by atoms with Gasteiger partial charge in [-0.3, -0.25) is 4.79 Å². The molecule has 0 spiro atoms. The molecule has 1 aromatic carbocycles. The Morgan fingerprint density at radius 2 is 2.35 bits per heavy atom. The van der Waals surface area contributed by atoms with Crippen LogP contribution in [0.5, 0.6) is 0 Å². The first-order valence-corrected chi connectivity index (χ1v) is 5.99. The van der Waals surface area contributed by atoms with Crippen molar-refractivity contribution in [2.24, 2.45) is 0 Å². The van der Waals surface area contributed by atoms with Gasteiger partial charge in [-0.2, -0.15) is 0 Å². The van der Waals surface area contributed by atoms with Gasteiger partial charge in [0.25, 0.3) is 0 Å². The van der Waals surface area contributed by atoms with E-state index in [0.717, 1.165) is 24.9 Å². The van der Waals surface area contributed by atoms with Crippen LogP contribution in [0.4, 0.5) is 4.39 Å². The van der Waals surface area contributed by atoms with Gasteiger partial charge >= 0.3 is 0 Å². The molecule has 0 bridgehead atoms. The summed E-state index contributed by atoms with van der Waals surface area (Å²) in [6, 6.07) is 4.48. The Hall–Kier alpha value is -1.13. The molecule has 0 saturated carbocycles. The molecule has 1 fully saturated rings. The van der Waals surface area contributed by atoms with Crippen molar-refractivity contribution in [3.63, 3.8) is 0 Å². The predicted octanol–water partition coefficient (Wildman–Crippen LogP) is 1.85. The highest BCUT2D eigenvalue weighted by atomic mass is 35.5. The largest absolute Gasteiger partial charge is 0.355 e. The van der Waals surface area contributed by atoms with Crippen molar-refractivity contribution in [2.75, 3.05) is 6.54 Å². The molecule has 1 saturated heterocycles. The lowest BCUT2D eigenvalue weighted by molar-refractivity contribution is -0.124. The van der Waals surface area contributed by atoms with Gasteiger partial charge in [0.05, 0.1) is 11.1 Å². The maximum atomic E-state index is 13.2. The number of hydrogen-bond acceptors (Lipinski definition) is 2. The van der Waals surface area contributed by atoms with Gasteiger partial charge in [-0.1, -0.05) is 17.7 Å². The monoisotopic (exact) mass is 256 g/mol. The molecular formula is C12H14ClFN2O. The van der Waals surface area contributed by atoms with Crippen LogP contribution in [-0.2, 0) is 11.3 Å². The Bertz CT molecular complexity index is 425. The van der Waals surface area contributed by atoms with Gasteiger partial charge in [0.1, 0.15) is 5.82 Å². The molecule has 1 atom stereocenters. The number of nitrogens with one attached hydrogen (secondary N) is 2. The molecule has 1 aliphatic rings.